The average Bonchev–Trinajstić information content (AvgIpc) is 2.37. The van der Waals surface area contributed by atoms with Crippen molar-refractivity contribution in [2.24, 2.45) is 5.92 Å². The molecule has 0 aliphatic rings. The first kappa shape index (κ1) is 15.8. The van der Waals surface area contributed by atoms with Crippen molar-refractivity contribution in [1.82, 2.24) is 5.32 Å². The summed E-state index contributed by atoms with van der Waals surface area (Å²) in [6, 6.07) is 5.42. The lowest BCUT2D eigenvalue weighted by atomic mass is 10.1. The Morgan fingerprint density at radius 2 is 2.05 bits per heavy atom. The van der Waals surface area contributed by atoms with E-state index in [0.29, 0.717) is 18.2 Å². The van der Waals surface area contributed by atoms with Crippen LogP contribution >= 0.6 is 0 Å². The van der Waals surface area contributed by atoms with Crippen LogP contribution in [-0.4, -0.2) is 32.0 Å². The number of benzene rings is 1. The zero-order chi connectivity index (χ0) is 14.1. The standard InChI is InChI=1S/C15H25NO3/c1-12(2)6-8-19-9-7-16-11-13-4-5-15(18-3)14(17)10-13/h4-5,10,12,16-17H,6-9,11H2,1-3H3. The van der Waals surface area contributed by atoms with Crippen LogP contribution in [0.5, 0.6) is 11.5 Å². The molecule has 1 aromatic carbocycles. The Hall–Kier alpha value is -1.26. The second-order valence-corrected chi connectivity index (χ2v) is 4.98. The number of ether oxygens (including phenoxy) is 2. The third-order valence-corrected chi connectivity index (χ3v) is 2.84. The minimum atomic E-state index is 0.176. The van der Waals surface area contributed by atoms with E-state index in [1.807, 2.05) is 6.07 Å². The van der Waals surface area contributed by atoms with Crippen molar-refractivity contribution in [1.29, 1.82) is 0 Å². The van der Waals surface area contributed by atoms with Gasteiger partial charge in [-0.15, -0.1) is 0 Å². The van der Waals surface area contributed by atoms with Crippen molar-refractivity contribution in [3.8, 4) is 11.5 Å². The van der Waals surface area contributed by atoms with Crippen LogP contribution in [-0.2, 0) is 11.3 Å². The Labute approximate surface area is 115 Å². The van der Waals surface area contributed by atoms with Crippen LogP contribution in [0.3, 0.4) is 0 Å². The molecule has 0 spiro atoms. The molecule has 0 aliphatic carbocycles. The molecule has 0 saturated carbocycles. The lowest BCUT2D eigenvalue weighted by Crippen LogP contribution is -2.19. The highest BCUT2D eigenvalue weighted by Gasteiger charge is 2.02. The van der Waals surface area contributed by atoms with Gasteiger partial charge in [-0.05, 0) is 30.0 Å². The van der Waals surface area contributed by atoms with E-state index < -0.39 is 0 Å². The van der Waals surface area contributed by atoms with E-state index in [1.54, 1.807) is 19.2 Å². The maximum absolute atomic E-state index is 9.64. The third kappa shape index (κ3) is 6.45. The van der Waals surface area contributed by atoms with E-state index in [1.165, 1.54) is 0 Å². The zero-order valence-electron chi connectivity index (χ0n) is 12.1. The summed E-state index contributed by atoms with van der Waals surface area (Å²) in [5.74, 6) is 1.37. The third-order valence-electron chi connectivity index (χ3n) is 2.84. The van der Waals surface area contributed by atoms with E-state index >= 15 is 0 Å². The molecule has 4 nitrogen and oxygen atoms in total. The summed E-state index contributed by atoms with van der Waals surface area (Å²) < 4.78 is 10.5. The largest absolute Gasteiger partial charge is 0.504 e. The summed E-state index contributed by atoms with van der Waals surface area (Å²) in [5, 5.41) is 12.9. The van der Waals surface area contributed by atoms with Gasteiger partial charge < -0.3 is 19.9 Å². The van der Waals surface area contributed by atoms with Crippen molar-refractivity contribution < 1.29 is 14.6 Å². The lowest BCUT2D eigenvalue weighted by Gasteiger charge is -2.09. The average molecular weight is 267 g/mol. The fourth-order valence-corrected chi connectivity index (χ4v) is 1.64. The summed E-state index contributed by atoms with van der Waals surface area (Å²) in [6.45, 7) is 7.45. The van der Waals surface area contributed by atoms with Gasteiger partial charge in [0, 0.05) is 19.7 Å². The van der Waals surface area contributed by atoms with Crippen molar-refractivity contribution in [2.45, 2.75) is 26.8 Å². The summed E-state index contributed by atoms with van der Waals surface area (Å²) in [4.78, 5) is 0. The highest BCUT2D eigenvalue weighted by molar-refractivity contribution is 5.41. The molecular formula is C15H25NO3. The molecule has 0 fully saturated rings. The molecule has 0 unspecified atom stereocenters. The van der Waals surface area contributed by atoms with E-state index in [9.17, 15) is 5.11 Å². The molecule has 0 atom stereocenters. The second kappa shape index (κ2) is 8.77. The molecule has 4 heteroatoms. The van der Waals surface area contributed by atoms with Gasteiger partial charge in [-0.3, -0.25) is 0 Å². The van der Waals surface area contributed by atoms with Crippen LogP contribution in [0.2, 0.25) is 0 Å². The molecule has 2 N–H and O–H groups in total. The smallest absolute Gasteiger partial charge is 0.160 e. The number of nitrogens with one attached hydrogen (secondary N) is 1. The van der Waals surface area contributed by atoms with Gasteiger partial charge in [-0.25, -0.2) is 0 Å². The Bertz CT molecular complexity index is 366. The fraction of sp³-hybridized carbons (Fsp3) is 0.600. The van der Waals surface area contributed by atoms with Crippen LogP contribution in [0.25, 0.3) is 0 Å². The first-order valence-corrected chi connectivity index (χ1v) is 6.77. The van der Waals surface area contributed by atoms with Crippen molar-refractivity contribution in [2.75, 3.05) is 26.9 Å². The van der Waals surface area contributed by atoms with Crippen molar-refractivity contribution >= 4 is 0 Å². The van der Waals surface area contributed by atoms with Crippen molar-refractivity contribution in [3.05, 3.63) is 23.8 Å². The highest BCUT2D eigenvalue weighted by atomic mass is 16.5. The fourth-order valence-electron chi connectivity index (χ4n) is 1.64. The van der Waals surface area contributed by atoms with Gasteiger partial charge in [0.2, 0.25) is 0 Å². The Morgan fingerprint density at radius 1 is 1.26 bits per heavy atom. The summed E-state index contributed by atoms with van der Waals surface area (Å²) in [6.07, 6.45) is 1.10. The number of hydrogen-bond donors (Lipinski definition) is 2. The van der Waals surface area contributed by atoms with Crippen molar-refractivity contribution in [3.63, 3.8) is 0 Å². The zero-order valence-corrected chi connectivity index (χ0v) is 12.1. The summed E-state index contributed by atoms with van der Waals surface area (Å²) in [5.41, 5.74) is 1.03. The molecule has 0 aliphatic heterocycles. The SMILES string of the molecule is COc1ccc(CNCCOCCC(C)C)cc1O. The van der Waals surface area contributed by atoms with Gasteiger partial charge in [0.1, 0.15) is 0 Å². The van der Waals surface area contributed by atoms with E-state index in [0.717, 1.165) is 31.7 Å². The normalized spacial score (nSPS) is 10.9. The van der Waals surface area contributed by atoms with E-state index in [-0.39, 0.29) is 5.75 Å². The molecule has 108 valence electrons. The highest BCUT2D eigenvalue weighted by Crippen LogP contribution is 2.25. The summed E-state index contributed by atoms with van der Waals surface area (Å²) >= 11 is 0. The van der Waals surface area contributed by atoms with E-state index in [2.05, 4.69) is 19.2 Å². The first-order chi connectivity index (χ1) is 9.13. The number of phenols is 1. The Kier molecular flexibility index (Phi) is 7.30. The predicted molar refractivity (Wildman–Crippen MR) is 76.6 cm³/mol. The van der Waals surface area contributed by atoms with Crippen LogP contribution in [0.15, 0.2) is 18.2 Å². The molecule has 1 aromatic rings. The molecule has 0 aromatic heterocycles. The first-order valence-electron chi connectivity index (χ1n) is 6.77. The second-order valence-electron chi connectivity index (χ2n) is 4.98. The monoisotopic (exact) mass is 267 g/mol. The minimum absolute atomic E-state index is 0.176. The number of phenolic OH excluding ortho intramolecular Hbond substituents is 1. The number of hydrogen-bond acceptors (Lipinski definition) is 4. The topological polar surface area (TPSA) is 50.7 Å². The molecular weight excluding hydrogens is 242 g/mol. The van der Waals surface area contributed by atoms with Gasteiger partial charge >= 0.3 is 0 Å². The predicted octanol–water partition coefficient (Wildman–Crippen LogP) is 2.55. The quantitative estimate of drug-likeness (QED) is 0.675. The molecule has 0 saturated heterocycles. The van der Waals surface area contributed by atoms with Gasteiger partial charge in [0.05, 0.1) is 13.7 Å². The molecule has 1 rings (SSSR count). The van der Waals surface area contributed by atoms with Gasteiger partial charge in [-0.1, -0.05) is 19.9 Å². The number of methoxy groups -OCH3 is 1. The molecule has 0 bridgehead atoms. The molecule has 0 amide bonds. The van der Waals surface area contributed by atoms with Gasteiger partial charge in [0.15, 0.2) is 11.5 Å². The maximum atomic E-state index is 9.64. The minimum Gasteiger partial charge on any atom is -0.504 e. The van der Waals surface area contributed by atoms with Crippen LogP contribution < -0.4 is 10.1 Å². The van der Waals surface area contributed by atoms with Crippen LogP contribution in [0.4, 0.5) is 0 Å². The van der Waals surface area contributed by atoms with Gasteiger partial charge in [-0.2, -0.15) is 0 Å². The summed E-state index contributed by atoms with van der Waals surface area (Å²) in [7, 11) is 1.54. The Morgan fingerprint density at radius 3 is 2.68 bits per heavy atom. The van der Waals surface area contributed by atoms with Crippen LogP contribution in [0, 0.1) is 5.92 Å². The number of aromatic hydroxyl groups is 1. The van der Waals surface area contributed by atoms with Crippen LogP contribution in [0.1, 0.15) is 25.8 Å². The molecule has 0 heterocycles. The molecule has 0 radical (unpaired) electrons. The molecule has 19 heavy (non-hydrogen) atoms. The lowest BCUT2D eigenvalue weighted by molar-refractivity contribution is 0.125. The van der Waals surface area contributed by atoms with Gasteiger partial charge in [0.25, 0.3) is 0 Å². The Balaban J connectivity index is 2.14. The van der Waals surface area contributed by atoms with E-state index in [4.69, 9.17) is 9.47 Å². The maximum Gasteiger partial charge on any atom is 0.160 e. The number of rotatable bonds is 9.